The molecule has 0 aliphatic carbocycles. The second-order valence-corrected chi connectivity index (χ2v) is 4.00. The third-order valence-corrected chi connectivity index (χ3v) is 2.92. The van der Waals surface area contributed by atoms with Crippen LogP contribution in [-0.4, -0.2) is 32.6 Å². The standard InChI is InChI=1S/C11H13N5/c1-2-12-7-15-10(1)6-16-8-14-5-11(16)9-3-13-4-9/h1-2,5,7-9,13H,3-4,6H2. The van der Waals surface area contributed by atoms with Gasteiger partial charge in [0.25, 0.3) is 0 Å². The van der Waals surface area contributed by atoms with Gasteiger partial charge in [-0.05, 0) is 6.07 Å². The fourth-order valence-electron chi connectivity index (χ4n) is 1.89. The molecule has 82 valence electrons. The van der Waals surface area contributed by atoms with Gasteiger partial charge in [0.1, 0.15) is 6.33 Å². The Morgan fingerprint density at radius 3 is 3.00 bits per heavy atom. The number of hydrogen-bond acceptors (Lipinski definition) is 4. The minimum absolute atomic E-state index is 0.601. The molecule has 0 unspecified atom stereocenters. The highest BCUT2D eigenvalue weighted by molar-refractivity contribution is 5.13. The van der Waals surface area contributed by atoms with Gasteiger partial charge in [-0.25, -0.2) is 15.0 Å². The third kappa shape index (κ3) is 1.69. The first-order valence-electron chi connectivity index (χ1n) is 5.39. The molecule has 0 spiro atoms. The van der Waals surface area contributed by atoms with Crippen LogP contribution < -0.4 is 5.32 Å². The number of nitrogens with zero attached hydrogens (tertiary/aromatic N) is 4. The summed E-state index contributed by atoms with van der Waals surface area (Å²) in [7, 11) is 0. The van der Waals surface area contributed by atoms with E-state index in [1.807, 2.05) is 18.6 Å². The van der Waals surface area contributed by atoms with Crippen molar-refractivity contribution in [2.24, 2.45) is 0 Å². The van der Waals surface area contributed by atoms with Crippen molar-refractivity contribution in [3.63, 3.8) is 0 Å². The van der Waals surface area contributed by atoms with Gasteiger partial charge in [0.05, 0.1) is 18.6 Å². The zero-order valence-corrected chi connectivity index (χ0v) is 8.87. The van der Waals surface area contributed by atoms with Crippen LogP contribution in [0.25, 0.3) is 0 Å². The smallest absolute Gasteiger partial charge is 0.115 e. The van der Waals surface area contributed by atoms with E-state index in [1.165, 1.54) is 5.69 Å². The summed E-state index contributed by atoms with van der Waals surface area (Å²) in [6, 6.07) is 1.93. The molecule has 1 fully saturated rings. The van der Waals surface area contributed by atoms with Crippen LogP contribution in [0.15, 0.2) is 31.1 Å². The first kappa shape index (κ1) is 9.47. The Morgan fingerprint density at radius 2 is 2.31 bits per heavy atom. The summed E-state index contributed by atoms with van der Waals surface area (Å²) in [5.74, 6) is 0.601. The molecular formula is C11H13N5. The average Bonchev–Trinajstić information content (AvgIpc) is 2.66. The molecule has 5 heteroatoms. The second kappa shape index (κ2) is 4.02. The maximum Gasteiger partial charge on any atom is 0.115 e. The van der Waals surface area contributed by atoms with E-state index in [4.69, 9.17) is 0 Å². The molecule has 0 atom stereocenters. The van der Waals surface area contributed by atoms with Crippen LogP contribution in [0.4, 0.5) is 0 Å². The van der Waals surface area contributed by atoms with E-state index in [-0.39, 0.29) is 0 Å². The van der Waals surface area contributed by atoms with Crippen molar-refractivity contribution in [2.75, 3.05) is 13.1 Å². The molecule has 1 aliphatic heterocycles. The maximum absolute atomic E-state index is 4.22. The maximum atomic E-state index is 4.22. The summed E-state index contributed by atoms with van der Waals surface area (Å²) >= 11 is 0. The lowest BCUT2D eigenvalue weighted by molar-refractivity contribution is 0.427. The SMILES string of the molecule is c1cc(Cn2cncc2C2CNC2)ncn1. The quantitative estimate of drug-likeness (QED) is 0.805. The summed E-state index contributed by atoms with van der Waals surface area (Å²) in [6.45, 7) is 2.87. The molecule has 16 heavy (non-hydrogen) atoms. The van der Waals surface area contributed by atoms with Gasteiger partial charge in [0.2, 0.25) is 0 Å². The lowest BCUT2D eigenvalue weighted by Gasteiger charge is -2.27. The van der Waals surface area contributed by atoms with Gasteiger partial charge < -0.3 is 9.88 Å². The predicted octanol–water partition coefficient (Wildman–Crippen LogP) is 0.408. The Bertz CT molecular complexity index is 460. The van der Waals surface area contributed by atoms with Crippen molar-refractivity contribution in [2.45, 2.75) is 12.5 Å². The largest absolute Gasteiger partial charge is 0.328 e. The number of rotatable bonds is 3. The van der Waals surface area contributed by atoms with Gasteiger partial charge in [-0.3, -0.25) is 0 Å². The lowest BCUT2D eigenvalue weighted by atomic mass is 10.00. The molecule has 1 saturated heterocycles. The van der Waals surface area contributed by atoms with Gasteiger partial charge in [0, 0.05) is 37.1 Å². The molecule has 0 bridgehead atoms. The molecule has 5 nitrogen and oxygen atoms in total. The molecular weight excluding hydrogens is 202 g/mol. The van der Waals surface area contributed by atoms with Crippen LogP contribution >= 0.6 is 0 Å². The van der Waals surface area contributed by atoms with Gasteiger partial charge in [0.15, 0.2) is 0 Å². The number of hydrogen-bond donors (Lipinski definition) is 1. The molecule has 0 amide bonds. The zero-order valence-electron chi connectivity index (χ0n) is 8.87. The van der Waals surface area contributed by atoms with Gasteiger partial charge in [-0.2, -0.15) is 0 Å². The Labute approximate surface area is 93.6 Å². The van der Waals surface area contributed by atoms with E-state index >= 15 is 0 Å². The highest BCUT2D eigenvalue weighted by Crippen LogP contribution is 2.19. The topological polar surface area (TPSA) is 55.6 Å². The Balaban J connectivity index is 1.82. The van der Waals surface area contributed by atoms with E-state index in [1.54, 1.807) is 12.5 Å². The Morgan fingerprint density at radius 1 is 1.38 bits per heavy atom. The van der Waals surface area contributed by atoms with Crippen molar-refractivity contribution < 1.29 is 0 Å². The molecule has 2 aromatic heterocycles. The first-order valence-corrected chi connectivity index (χ1v) is 5.39. The number of aromatic nitrogens is 4. The van der Waals surface area contributed by atoms with Crippen LogP contribution in [0.1, 0.15) is 17.3 Å². The van der Waals surface area contributed by atoms with Crippen LogP contribution in [0.3, 0.4) is 0 Å². The number of imidazole rings is 1. The van der Waals surface area contributed by atoms with Crippen molar-refractivity contribution in [3.8, 4) is 0 Å². The summed E-state index contributed by atoms with van der Waals surface area (Å²) in [5, 5.41) is 3.27. The molecule has 0 aromatic carbocycles. The van der Waals surface area contributed by atoms with Gasteiger partial charge in [-0.1, -0.05) is 0 Å². The van der Waals surface area contributed by atoms with Gasteiger partial charge >= 0.3 is 0 Å². The van der Waals surface area contributed by atoms with Gasteiger partial charge in [-0.15, -0.1) is 0 Å². The van der Waals surface area contributed by atoms with Crippen molar-refractivity contribution in [1.29, 1.82) is 0 Å². The van der Waals surface area contributed by atoms with E-state index in [2.05, 4.69) is 24.8 Å². The van der Waals surface area contributed by atoms with Crippen LogP contribution in [0.5, 0.6) is 0 Å². The van der Waals surface area contributed by atoms with Crippen LogP contribution in [-0.2, 0) is 6.54 Å². The third-order valence-electron chi connectivity index (χ3n) is 2.92. The zero-order chi connectivity index (χ0) is 10.8. The van der Waals surface area contributed by atoms with Crippen molar-refractivity contribution in [3.05, 3.63) is 42.5 Å². The van der Waals surface area contributed by atoms with E-state index in [0.717, 1.165) is 25.3 Å². The summed E-state index contributed by atoms with van der Waals surface area (Å²) in [6.07, 6.45) is 7.17. The molecule has 0 saturated carbocycles. The molecule has 3 rings (SSSR count). The Kier molecular flexibility index (Phi) is 2.38. The monoisotopic (exact) mass is 215 g/mol. The van der Waals surface area contributed by atoms with Crippen LogP contribution in [0.2, 0.25) is 0 Å². The van der Waals surface area contributed by atoms with E-state index in [0.29, 0.717) is 5.92 Å². The van der Waals surface area contributed by atoms with Crippen molar-refractivity contribution in [1.82, 2.24) is 24.8 Å². The summed E-state index contributed by atoms with van der Waals surface area (Å²) < 4.78 is 2.16. The number of nitrogens with one attached hydrogen (secondary N) is 1. The average molecular weight is 215 g/mol. The first-order chi connectivity index (χ1) is 7.93. The highest BCUT2D eigenvalue weighted by Gasteiger charge is 2.22. The summed E-state index contributed by atoms with van der Waals surface area (Å²) in [4.78, 5) is 12.3. The molecule has 2 aromatic rings. The highest BCUT2D eigenvalue weighted by atomic mass is 15.1. The van der Waals surface area contributed by atoms with E-state index < -0.39 is 0 Å². The van der Waals surface area contributed by atoms with Crippen LogP contribution in [0, 0.1) is 0 Å². The normalized spacial score (nSPS) is 16.0. The fraction of sp³-hybridized carbons (Fsp3) is 0.364. The minimum Gasteiger partial charge on any atom is -0.328 e. The second-order valence-electron chi connectivity index (χ2n) is 4.00. The predicted molar refractivity (Wildman–Crippen MR) is 59.0 cm³/mol. The Hall–Kier alpha value is -1.75. The minimum atomic E-state index is 0.601. The molecule has 3 heterocycles. The fourth-order valence-corrected chi connectivity index (χ4v) is 1.89. The lowest BCUT2D eigenvalue weighted by Crippen LogP contribution is -2.40. The van der Waals surface area contributed by atoms with Crippen molar-refractivity contribution >= 4 is 0 Å². The summed E-state index contributed by atoms with van der Waals surface area (Å²) in [5.41, 5.74) is 2.30. The van der Waals surface area contributed by atoms with E-state index in [9.17, 15) is 0 Å². The molecule has 1 N–H and O–H groups in total. The molecule has 0 radical (unpaired) electrons. The molecule has 1 aliphatic rings.